The Balaban J connectivity index is 2.29. The molecule has 21 heavy (non-hydrogen) atoms. The van der Waals surface area contributed by atoms with E-state index in [-0.39, 0.29) is 11.4 Å². The molecule has 104 valence electrons. The molecule has 3 aromatic carbocycles. The molecule has 0 saturated carbocycles. The maximum absolute atomic E-state index is 13.9. The summed E-state index contributed by atoms with van der Waals surface area (Å²) in [5.74, 6) is -1.24. The van der Waals surface area contributed by atoms with Crippen molar-refractivity contribution >= 4 is 16.7 Å². The maximum Gasteiger partial charge on any atom is 0.335 e. The second kappa shape index (κ2) is 5.02. The van der Waals surface area contributed by atoms with Crippen LogP contribution in [0.25, 0.3) is 21.9 Å². The largest absolute Gasteiger partial charge is 0.478 e. The molecule has 3 rings (SSSR count). The lowest BCUT2D eigenvalue weighted by Gasteiger charge is -2.10. The van der Waals surface area contributed by atoms with Gasteiger partial charge in [0.15, 0.2) is 0 Å². The van der Waals surface area contributed by atoms with Crippen LogP contribution in [-0.4, -0.2) is 11.1 Å². The zero-order chi connectivity index (χ0) is 15.0. The van der Waals surface area contributed by atoms with Gasteiger partial charge in [0.05, 0.1) is 5.56 Å². The highest BCUT2D eigenvalue weighted by atomic mass is 19.1. The molecule has 0 heterocycles. The SMILES string of the molecule is Cc1ccc(-c2ccc(F)c3ccccc23)cc1C(=O)O. The van der Waals surface area contributed by atoms with Gasteiger partial charge in [0.2, 0.25) is 0 Å². The van der Waals surface area contributed by atoms with E-state index >= 15 is 0 Å². The molecule has 2 nitrogen and oxygen atoms in total. The van der Waals surface area contributed by atoms with E-state index in [4.69, 9.17) is 0 Å². The van der Waals surface area contributed by atoms with Crippen molar-refractivity contribution < 1.29 is 14.3 Å². The van der Waals surface area contributed by atoms with Crippen LogP contribution in [0.3, 0.4) is 0 Å². The van der Waals surface area contributed by atoms with Crippen molar-refractivity contribution in [3.05, 3.63) is 71.5 Å². The summed E-state index contributed by atoms with van der Waals surface area (Å²) in [5.41, 5.74) is 2.57. The summed E-state index contributed by atoms with van der Waals surface area (Å²) in [6.45, 7) is 1.76. The Bertz CT molecular complexity index is 853. The minimum Gasteiger partial charge on any atom is -0.478 e. The van der Waals surface area contributed by atoms with Gasteiger partial charge in [-0.15, -0.1) is 0 Å². The third-order valence-electron chi connectivity index (χ3n) is 3.65. The molecule has 0 fully saturated rings. The highest BCUT2D eigenvalue weighted by Crippen LogP contribution is 2.31. The summed E-state index contributed by atoms with van der Waals surface area (Å²) in [4.78, 5) is 11.3. The fourth-order valence-corrected chi connectivity index (χ4v) is 2.53. The molecule has 0 aliphatic carbocycles. The number of fused-ring (bicyclic) bond motifs is 1. The van der Waals surface area contributed by atoms with Crippen LogP contribution in [0.2, 0.25) is 0 Å². The van der Waals surface area contributed by atoms with Gasteiger partial charge in [-0.05, 0) is 41.1 Å². The summed E-state index contributed by atoms with van der Waals surface area (Å²) in [5, 5.41) is 10.5. The number of carboxylic acids is 1. The Kier molecular flexibility index (Phi) is 3.18. The molecule has 0 bridgehead atoms. The first-order valence-corrected chi connectivity index (χ1v) is 6.59. The molecule has 3 aromatic rings. The first kappa shape index (κ1) is 13.3. The lowest BCUT2D eigenvalue weighted by molar-refractivity contribution is 0.0696. The van der Waals surface area contributed by atoms with Crippen molar-refractivity contribution in [2.45, 2.75) is 6.92 Å². The molecule has 3 heteroatoms. The van der Waals surface area contributed by atoms with Crippen molar-refractivity contribution in [3.8, 4) is 11.1 Å². The number of benzene rings is 3. The van der Waals surface area contributed by atoms with Crippen molar-refractivity contribution in [1.82, 2.24) is 0 Å². The number of hydrogen-bond donors (Lipinski definition) is 1. The number of aromatic carboxylic acids is 1. The first-order valence-electron chi connectivity index (χ1n) is 6.59. The molecule has 0 amide bonds. The van der Waals surface area contributed by atoms with Gasteiger partial charge in [0.25, 0.3) is 0 Å². The fourth-order valence-electron chi connectivity index (χ4n) is 2.53. The van der Waals surface area contributed by atoms with Gasteiger partial charge in [-0.1, -0.05) is 42.5 Å². The third-order valence-corrected chi connectivity index (χ3v) is 3.65. The van der Waals surface area contributed by atoms with Crippen molar-refractivity contribution in [3.63, 3.8) is 0 Å². The second-order valence-electron chi connectivity index (χ2n) is 4.98. The van der Waals surface area contributed by atoms with Gasteiger partial charge in [0, 0.05) is 5.39 Å². The maximum atomic E-state index is 13.9. The van der Waals surface area contributed by atoms with E-state index in [2.05, 4.69) is 0 Å². The van der Waals surface area contributed by atoms with Crippen LogP contribution < -0.4 is 0 Å². The van der Waals surface area contributed by atoms with Gasteiger partial charge in [-0.3, -0.25) is 0 Å². The molecule has 0 radical (unpaired) electrons. The Morgan fingerprint density at radius 1 is 1.00 bits per heavy atom. The number of hydrogen-bond acceptors (Lipinski definition) is 1. The molecule has 0 aliphatic rings. The second-order valence-corrected chi connectivity index (χ2v) is 4.98. The van der Waals surface area contributed by atoms with Crippen LogP contribution in [0, 0.1) is 12.7 Å². The summed E-state index contributed by atoms with van der Waals surface area (Å²) in [6.07, 6.45) is 0. The smallest absolute Gasteiger partial charge is 0.335 e. The van der Waals surface area contributed by atoms with E-state index in [9.17, 15) is 14.3 Å². The summed E-state index contributed by atoms with van der Waals surface area (Å²) >= 11 is 0. The van der Waals surface area contributed by atoms with Crippen LogP contribution in [0.1, 0.15) is 15.9 Å². The minimum atomic E-state index is -0.958. The van der Waals surface area contributed by atoms with E-state index in [0.29, 0.717) is 10.9 Å². The number of aryl methyl sites for hydroxylation is 1. The standard InChI is InChI=1S/C18H13FO2/c1-11-6-7-12(10-16(11)18(20)21)13-8-9-17(19)15-5-3-2-4-14(13)15/h2-10H,1H3,(H,20,21). The predicted molar refractivity (Wildman–Crippen MR) is 81.0 cm³/mol. The molecule has 0 spiro atoms. The lowest BCUT2D eigenvalue weighted by atomic mass is 9.95. The molecule has 0 aromatic heterocycles. The Hall–Kier alpha value is -2.68. The average Bonchev–Trinajstić information content (AvgIpc) is 2.48. The van der Waals surface area contributed by atoms with Crippen LogP contribution in [0.4, 0.5) is 4.39 Å². The zero-order valence-corrected chi connectivity index (χ0v) is 11.4. The number of rotatable bonds is 2. The number of halogens is 1. The van der Waals surface area contributed by atoms with Gasteiger partial charge in [-0.2, -0.15) is 0 Å². The quantitative estimate of drug-likeness (QED) is 0.741. The number of carbonyl (C=O) groups is 1. The van der Waals surface area contributed by atoms with Crippen LogP contribution in [0.15, 0.2) is 54.6 Å². The van der Waals surface area contributed by atoms with Gasteiger partial charge < -0.3 is 5.11 Å². The van der Waals surface area contributed by atoms with Crippen LogP contribution >= 0.6 is 0 Å². The minimum absolute atomic E-state index is 0.265. The van der Waals surface area contributed by atoms with E-state index in [0.717, 1.165) is 16.5 Å². The molecule has 0 unspecified atom stereocenters. The van der Waals surface area contributed by atoms with E-state index < -0.39 is 5.97 Å². The highest BCUT2D eigenvalue weighted by Gasteiger charge is 2.11. The van der Waals surface area contributed by atoms with E-state index in [1.807, 2.05) is 18.2 Å². The molecule has 0 atom stereocenters. The molecule has 1 N–H and O–H groups in total. The molecular weight excluding hydrogens is 267 g/mol. The highest BCUT2D eigenvalue weighted by molar-refractivity contribution is 5.98. The first-order chi connectivity index (χ1) is 10.1. The monoisotopic (exact) mass is 280 g/mol. The number of carboxylic acid groups (broad SMARTS) is 1. The van der Waals surface area contributed by atoms with E-state index in [1.165, 1.54) is 6.07 Å². The predicted octanol–water partition coefficient (Wildman–Crippen LogP) is 4.65. The summed E-state index contributed by atoms with van der Waals surface area (Å²) < 4.78 is 13.9. The summed E-state index contributed by atoms with van der Waals surface area (Å²) in [6, 6.07) is 15.6. The van der Waals surface area contributed by atoms with Crippen molar-refractivity contribution in [1.29, 1.82) is 0 Å². The molecule has 0 saturated heterocycles. The Morgan fingerprint density at radius 2 is 1.71 bits per heavy atom. The topological polar surface area (TPSA) is 37.3 Å². The van der Waals surface area contributed by atoms with Gasteiger partial charge in [0.1, 0.15) is 5.82 Å². The van der Waals surface area contributed by atoms with Crippen molar-refractivity contribution in [2.24, 2.45) is 0 Å². The van der Waals surface area contributed by atoms with Crippen molar-refractivity contribution in [2.75, 3.05) is 0 Å². The van der Waals surface area contributed by atoms with Crippen LogP contribution in [0.5, 0.6) is 0 Å². The van der Waals surface area contributed by atoms with Gasteiger partial charge in [-0.25, -0.2) is 9.18 Å². The van der Waals surface area contributed by atoms with Gasteiger partial charge >= 0.3 is 5.97 Å². The van der Waals surface area contributed by atoms with E-state index in [1.54, 1.807) is 37.3 Å². The zero-order valence-electron chi connectivity index (χ0n) is 11.4. The van der Waals surface area contributed by atoms with Crippen LogP contribution in [-0.2, 0) is 0 Å². The third kappa shape index (κ3) is 2.27. The molecule has 0 aliphatic heterocycles. The average molecular weight is 280 g/mol. The Labute approximate surface area is 121 Å². The fraction of sp³-hybridized carbons (Fsp3) is 0.0556. The molecular formula is C18H13FO2. The Morgan fingerprint density at radius 3 is 2.43 bits per heavy atom. The lowest BCUT2D eigenvalue weighted by Crippen LogP contribution is -1.99. The summed E-state index contributed by atoms with van der Waals surface area (Å²) in [7, 11) is 0. The normalized spacial score (nSPS) is 10.8.